The molecule has 2 heterocycles. The van der Waals surface area contributed by atoms with Crippen LogP contribution in [0.1, 0.15) is 37.2 Å². The first kappa shape index (κ1) is 15.7. The number of benzene rings is 1. The van der Waals surface area contributed by atoms with Crippen LogP contribution in [0.5, 0.6) is 0 Å². The number of amides is 1. The van der Waals surface area contributed by atoms with E-state index >= 15 is 0 Å². The van der Waals surface area contributed by atoms with Gasteiger partial charge in [0.05, 0.1) is 18.6 Å². The van der Waals surface area contributed by atoms with E-state index in [9.17, 15) is 4.79 Å². The number of carbonyl (C=O) groups excluding carboxylic acids is 1. The van der Waals surface area contributed by atoms with Crippen LogP contribution in [0.25, 0.3) is 5.69 Å². The third-order valence-corrected chi connectivity index (χ3v) is 4.39. The average molecular weight is 313 g/mol. The third-order valence-electron chi connectivity index (χ3n) is 4.39. The summed E-state index contributed by atoms with van der Waals surface area (Å²) in [6.45, 7) is 5.30. The molecule has 1 saturated heterocycles. The van der Waals surface area contributed by atoms with E-state index in [0.717, 1.165) is 36.5 Å². The molecular formula is C18H23N3O2. The zero-order valence-corrected chi connectivity index (χ0v) is 13.7. The Morgan fingerprint density at radius 3 is 2.78 bits per heavy atom. The Morgan fingerprint density at radius 1 is 1.39 bits per heavy atom. The van der Waals surface area contributed by atoms with E-state index in [0.29, 0.717) is 6.61 Å². The summed E-state index contributed by atoms with van der Waals surface area (Å²) in [5, 5.41) is 3.09. The number of aromatic nitrogens is 2. The summed E-state index contributed by atoms with van der Waals surface area (Å²) in [6.07, 6.45) is 5.61. The monoisotopic (exact) mass is 313 g/mol. The van der Waals surface area contributed by atoms with Crippen molar-refractivity contribution in [2.24, 2.45) is 5.92 Å². The van der Waals surface area contributed by atoms with Gasteiger partial charge >= 0.3 is 0 Å². The largest absolute Gasteiger partial charge is 0.381 e. The highest BCUT2D eigenvalue weighted by Crippen LogP contribution is 2.19. The normalized spacial score (nSPS) is 19.3. The summed E-state index contributed by atoms with van der Waals surface area (Å²) >= 11 is 0. The van der Waals surface area contributed by atoms with Gasteiger partial charge in [0.1, 0.15) is 5.82 Å². The van der Waals surface area contributed by atoms with Crippen LogP contribution < -0.4 is 5.32 Å². The molecule has 23 heavy (non-hydrogen) atoms. The first-order valence-electron chi connectivity index (χ1n) is 8.13. The van der Waals surface area contributed by atoms with Crippen LogP contribution in [0.2, 0.25) is 0 Å². The zero-order valence-electron chi connectivity index (χ0n) is 13.7. The molecule has 2 unspecified atom stereocenters. The molecule has 1 aromatic heterocycles. The summed E-state index contributed by atoms with van der Waals surface area (Å²) in [5.74, 6) is 1.03. The number of ether oxygens (including phenoxy) is 1. The van der Waals surface area contributed by atoms with Gasteiger partial charge < -0.3 is 14.6 Å². The van der Waals surface area contributed by atoms with Gasteiger partial charge in [-0.3, -0.25) is 4.79 Å². The van der Waals surface area contributed by atoms with Gasteiger partial charge in [0.2, 0.25) is 5.91 Å². The Kier molecular flexibility index (Phi) is 4.76. The highest BCUT2D eigenvalue weighted by molar-refractivity contribution is 5.79. The lowest BCUT2D eigenvalue weighted by Crippen LogP contribution is -2.36. The van der Waals surface area contributed by atoms with Gasteiger partial charge in [-0.05, 0) is 44.4 Å². The molecule has 1 fully saturated rings. The fraction of sp³-hybridized carbons (Fsp3) is 0.444. The van der Waals surface area contributed by atoms with Gasteiger partial charge in [-0.2, -0.15) is 0 Å². The van der Waals surface area contributed by atoms with Crippen LogP contribution in [0.15, 0.2) is 36.7 Å². The molecule has 0 spiro atoms. The molecule has 0 aliphatic carbocycles. The number of aryl methyl sites for hydroxylation is 1. The van der Waals surface area contributed by atoms with Crippen LogP contribution in [-0.2, 0) is 9.53 Å². The third kappa shape index (κ3) is 3.62. The van der Waals surface area contributed by atoms with Crippen LogP contribution in [-0.4, -0.2) is 28.7 Å². The molecule has 0 bridgehead atoms. The smallest absolute Gasteiger partial charge is 0.225 e. The van der Waals surface area contributed by atoms with Crippen molar-refractivity contribution >= 4 is 5.91 Å². The second kappa shape index (κ2) is 6.96. The maximum atomic E-state index is 12.3. The van der Waals surface area contributed by atoms with Gasteiger partial charge in [0, 0.05) is 24.7 Å². The summed E-state index contributed by atoms with van der Waals surface area (Å²) in [6, 6.07) is 8.20. The topological polar surface area (TPSA) is 56.2 Å². The predicted molar refractivity (Wildman–Crippen MR) is 88.4 cm³/mol. The van der Waals surface area contributed by atoms with Crippen molar-refractivity contribution in [1.82, 2.24) is 14.9 Å². The lowest BCUT2D eigenvalue weighted by molar-refractivity contribution is -0.129. The van der Waals surface area contributed by atoms with Crippen molar-refractivity contribution in [3.05, 3.63) is 48.0 Å². The van der Waals surface area contributed by atoms with Crippen LogP contribution in [0, 0.1) is 12.8 Å². The Hall–Kier alpha value is -2.14. The molecule has 0 saturated carbocycles. The van der Waals surface area contributed by atoms with E-state index in [4.69, 9.17) is 4.74 Å². The van der Waals surface area contributed by atoms with E-state index in [1.165, 1.54) is 0 Å². The van der Waals surface area contributed by atoms with E-state index in [-0.39, 0.29) is 17.9 Å². The van der Waals surface area contributed by atoms with Crippen molar-refractivity contribution in [3.8, 4) is 5.69 Å². The van der Waals surface area contributed by atoms with Crippen molar-refractivity contribution in [2.75, 3.05) is 13.2 Å². The highest BCUT2D eigenvalue weighted by Gasteiger charge is 2.23. The molecule has 5 nitrogen and oxygen atoms in total. The zero-order chi connectivity index (χ0) is 16.2. The average Bonchev–Trinajstić information content (AvgIpc) is 3.02. The Bertz CT molecular complexity index is 657. The lowest BCUT2D eigenvalue weighted by Gasteiger charge is -2.23. The predicted octanol–water partition coefficient (Wildman–Crippen LogP) is 2.78. The number of carbonyl (C=O) groups is 1. The molecule has 0 radical (unpaired) electrons. The molecule has 1 N–H and O–H groups in total. The van der Waals surface area contributed by atoms with Gasteiger partial charge in [0.25, 0.3) is 0 Å². The SMILES string of the molecule is Cc1nccn1-c1ccc(C(C)NC(=O)C2CCCOC2)cc1. The molecule has 2 aromatic rings. The number of imidazole rings is 1. The first-order chi connectivity index (χ1) is 11.1. The number of hydrogen-bond donors (Lipinski definition) is 1. The standard InChI is InChI=1S/C18H23N3O2/c1-13(20-18(22)16-4-3-11-23-12-16)15-5-7-17(8-6-15)21-10-9-19-14(21)2/h5-10,13,16H,3-4,11-12H2,1-2H3,(H,20,22). The van der Waals surface area contributed by atoms with Crippen molar-refractivity contribution in [1.29, 1.82) is 0 Å². The minimum atomic E-state index is -0.0147. The summed E-state index contributed by atoms with van der Waals surface area (Å²) in [4.78, 5) is 16.5. The lowest BCUT2D eigenvalue weighted by atomic mass is 10.00. The highest BCUT2D eigenvalue weighted by atomic mass is 16.5. The maximum Gasteiger partial charge on any atom is 0.225 e. The Labute approximate surface area is 136 Å². The summed E-state index contributed by atoms with van der Waals surface area (Å²) in [7, 11) is 0. The molecule has 2 atom stereocenters. The minimum Gasteiger partial charge on any atom is -0.381 e. The quantitative estimate of drug-likeness (QED) is 0.944. The van der Waals surface area contributed by atoms with Crippen molar-refractivity contribution in [3.63, 3.8) is 0 Å². The summed E-state index contributed by atoms with van der Waals surface area (Å²) in [5.41, 5.74) is 2.17. The van der Waals surface area contributed by atoms with Gasteiger partial charge in [-0.1, -0.05) is 12.1 Å². The molecule has 1 aromatic carbocycles. The molecule has 1 aliphatic heterocycles. The van der Waals surface area contributed by atoms with Crippen molar-refractivity contribution in [2.45, 2.75) is 32.7 Å². The number of nitrogens with zero attached hydrogens (tertiary/aromatic N) is 2. The molecule has 3 rings (SSSR count). The molecule has 1 aliphatic rings. The van der Waals surface area contributed by atoms with Crippen LogP contribution in [0.4, 0.5) is 0 Å². The van der Waals surface area contributed by atoms with Crippen LogP contribution in [0.3, 0.4) is 0 Å². The Balaban J connectivity index is 1.64. The second-order valence-corrected chi connectivity index (χ2v) is 6.08. The second-order valence-electron chi connectivity index (χ2n) is 6.08. The van der Waals surface area contributed by atoms with Gasteiger partial charge in [-0.25, -0.2) is 4.98 Å². The number of rotatable bonds is 4. The number of hydrogen-bond acceptors (Lipinski definition) is 3. The first-order valence-corrected chi connectivity index (χ1v) is 8.13. The molecular weight excluding hydrogens is 290 g/mol. The van der Waals surface area contributed by atoms with Gasteiger partial charge in [-0.15, -0.1) is 0 Å². The minimum absolute atomic E-state index is 0.0117. The van der Waals surface area contributed by atoms with E-state index in [2.05, 4.69) is 34.6 Å². The summed E-state index contributed by atoms with van der Waals surface area (Å²) < 4.78 is 7.42. The fourth-order valence-corrected chi connectivity index (χ4v) is 2.94. The van der Waals surface area contributed by atoms with Gasteiger partial charge in [0.15, 0.2) is 0 Å². The van der Waals surface area contributed by atoms with Crippen LogP contribution >= 0.6 is 0 Å². The Morgan fingerprint density at radius 2 is 2.17 bits per heavy atom. The van der Waals surface area contributed by atoms with E-state index in [1.807, 2.05) is 24.6 Å². The van der Waals surface area contributed by atoms with Crippen molar-refractivity contribution < 1.29 is 9.53 Å². The maximum absolute atomic E-state index is 12.3. The van der Waals surface area contributed by atoms with E-state index < -0.39 is 0 Å². The molecule has 122 valence electrons. The van der Waals surface area contributed by atoms with E-state index in [1.54, 1.807) is 6.20 Å². The fourth-order valence-electron chi connectivity index (χ4n) is 2.94. The molecule has 5 heteroatoms. The number of nitrogens with one attached hydrogen (secondary N) is 1. The molecule has 1 amide bonds.